The van der Waals surface area contributed by atoms with Gasteiger partial charge >= 0.3 is 5.97 Å². The lowest BCUT2D eigenvalue weighted by Crippen LogP contribution is -2.25. The van der Waals surface area contributed by atoms with Gasteiger partial charge in [0.2, 0.25) is 0 Å². The van der Waals surface area contributed by atoms with Crippen LogP contribution in [0.4, 0.5) is 0 Å². The average Bonchev–Trinajstić information content (AvgIpc) is 3.35. The lowest BCUT2D eigenvalue weighted by atomic mass is 9.94. The summed E-state index contributed by atoms with van der Waals surface area (Å²) in [6, 6.07) is 0. The van der Waals surface area contributed by atoms with Crippen LogP contribution in [0.5, 0.6) is 0 Å². The van der Waals surface area contributed by atoms with Gasteiger partial charge in [-0.25, -0.2) is 4.79 Å². The fourth-order valence-corrected chi connectivity index (χ4v) is 2.69. The molecule has 0 aromatic rings. The largest absolute Gasteiger partial charge is 0.462 e. The van der Waals surface area contributed by atoms with Crippen molar-refractivity contribution in [1.82, 2.24) is 0 Å². The highest BCUT2D eigenvalue weighted by Crippen LogP contribution is 2.31. The van der Waals surface area contributed by atoms with Crippen molar-refractivity contribution in [1.29, 1.82) is 0 Å². The second kappa shape index (κ2) is 11.8. The van der Waals surface area contributed by atoms with E-state index < -0.39 is 0 Å². The molecule has 0 spiro atoms. The van der Waals surface area contributed by atoms with E-state index in [1.54, 1.807) is 0 Å². The molecule has 0 heterocycles. The van der Waals surface area contributed by atoms with Crippen LogP contribution in [-0.2, 0) is 14.3 Å². The summed E-state index contributed by atoms with van der Waals surface area (Å²) in [4.78, 5) is 11.5. The molecule has 1 aliphatic carbocycles. The van der Waals surface area contributed by atoms with Crippen molar-refractivity contribution in [3.8, 4) is 0 Å². The van der Waals surface area contributed by atoms with Gasteiger partial charge in [0, 0.05) is 11.8 Å². The highest BCUT2D eigenvalue weighted by molar-refractivity contribution is 7.80. The zero-order chi connectivity index (χ0) is 18.7. The van der Waals surface area contributed by atoms with E-state index in [4.69, 9.17) is 9.47 Å². The molecule has 1 unspecified atom stereocenters. The smallest absolute Gasteiger partial charge is 0.331 e. The van der Waals surface area contributed by atoms with E-state index in [0.717, 1.165) is 30.9 Å². The van der Waals surface area contributed by atoms with E-state index in [9.17, 15) is 4.79 Å². The van der Waals surface area contributed by atoms with Crippen LogP contribution < -0.4 is 0 Å². The van der Waals surface area contributed by atoms with Gasteiger partial charge in [-0.1, -0.05) is 31.9 Å². The lowest BCUT2D eigenvalue weighted by molar-refractivity contribution is -0.137. The van der Waals surface area contributed by atoms with Crippen molar-refractivity contribution >= 4 is 18.6 Å². The van der Waals surface area contributed by atoms with Crippen molar-refractivity contribution < 1.29 is 14.3 Å². The number of carbonyl (C=O) groups excluding carboxylic acids is 1. The van der Waals surface area contributed by atoms with E-state index in [2.05, 4.69) is 39.5 Å². The number of rotatable bonds is 13. The van der Waals surface area contributed by atoms with E-state index in [-0.39, 0.29) is 11.6 Å². The number of allylic oxidation sites excluding steroid dienone is 3. The third-order valence-electron chi connectivity index (χ3n) is 4.48. The minimum absolute atomic E-state index is 0.00481. The number of carbonyl (C=O) groups is 1. The van der Waals surface area contributed by atoms with Crippen molar-refractivity contribution in [2.75, 3.05) is 19.0 Å². The van der Waals surface area contributed by atoms with Crippen molar-refractivity contribution in [2.45, 2.75) is 71.8 Å². The van der Waals surface area contributed by atoms with Crippen LogP contribution in [0.25, 0.3) is 0 Å². The first-order valence-corrected chi connectivity index (χ1v) is 10.2. The van der Waals surface area contributed by atoms with Crippen LogP contribution in [0.15, 0.2) is 23.8 Å². The zero-order valence-electron chi connectivity index (χ0n) is 16.4. The Balaban J connectivity index is 2.16. The summed E-state index contributed by atoms with van der Waals surface area (Å²) in [5.74, 6) is 1.72. The molecule has 0 aromatic heterocycles. The molecule has 0 aromatic carbocycles. The Morgan fingerprint density at radius 3 is 2.72 bits per heavy atom. The SMILES string of the molecule is CC(C=CCC(C)CCCC(C)(C)OCC1CC1)=CC(=O)OCCS. The molecular formula is C21H36O3S. The van der Waals surface area contributed by atoms with Gasteiger partial charge in [0.1, 0.15) is 6.61 Å². The first kappa shape index (κ1) is 22.3. The Hall–Kier alpha value is -0.740. The average molecular weight is 369 g/mol. The van der Waals surface area contributed by atoms with E-state index in [0.29, 0.717) is 18.3 Å². The zero-order valence-corrected chi connectivity index (χ0v) is 17.3. The van der Waals surface area contributed by atoms with Gasteiger partial charge in [-0.15, -0.1) is 0 Å². The molecule has 0 bridgehead atoms. The highest BCUT2D eigenvalue weighted by Gasteiger charge is 2.26. The molecule has 1 aliphatic rings. The van der Waals surface area contributed by atoms with Gasteiger partial charge < -0.3 is 9.47 Å². The Morgan fingerprint density at radius 1 is 1.36 bits per heavy atom. The minimum atomic E-state index is -0.294. The molecule has 3 nitrogen and oxygen atoms in total. The monoisotopic (exact) mass is 368 g/mol. The van der Waals surface area contributed by atoms with Gasteiger partial charge in [0.25, 0.3) is 0 Å². The van der Waals surface area contributed by atoms with Gasteiger partial charge in [-0.2, -0.15) is 12.6 Å². The Morgan fingerprint density at radius 2 is 2.08 bits per heavy atom. The maximum Gasteiger partial charge on any atom is 0.331 e. The summed E-state index contributed by atoms with van der Waals surface area (Å²) < 4.78 is 11.0. The van der Waals surface area contributed by atoms with E-state index in [1.165, 1.54) is 31.8 Å². The second-order valence-corrected chi connectivity index (χ2v) is 8.38. The maximum atomic E-state index is 11.5. The molecule has 4 heteroatoms. The number of ether oxygens (including phenoxy) is 2. The molecule has 0 radical (unpaired) electrons. The fourth-order valence-electron chi connectivity index (χ4n) is 2.60. The van der Waals surface area contributed by atoms with Crippen LogP contribution in [-0.4, -0.2) is 30.5 Å². The van der Waals surface area contributed by atoms with Crippen LogP contribution in [0.3, 0.4) is 0 Å². The van der Waals surface area contributed by atoms with Crippen molar-refractivity contribution in [2.24, 2.45) is 11.8 Å². The molecule has 0 aliphatic heterocycles. The summed E-state index contributed by atoms with van der Waals surface area (Å²) >= 11 is 4.01. The third-order valence-corrected chi connectivity index (χ3v) is 4.67. The van der Waals surface area contributed by atoms with E-state index in [1.807, 2.05) is 13.0 Å². The van der Waals surface area contributed by atoms with Crippen LogP contribution in [0.1, 0.15) is 66.2 Å². The van der Waals surface area contributed by atoms with Gasteiger partial charge in [0.05, 0.1) is 12.2 Å². The topological polar surface area (TPSA) is 35.5 Å². The molecule has 1 rings (SSSR count). The molecule has 0 saturated heterocycles. The normalized spacial score (nSPS) is 17.1. The predicted molar refractivity (Wildman–Crippen MR) is 108 cm³/mol. The molecule has 144 valence electrons. The summed E-state index contributed by atoms with van der Waals surface area (Å²) in [6.07, 6.45) is 12.9. The fraction of sp³-hybridized carbons (Fsp3) is 0.762. The van der Waals surface area contributed by atoms with Crippen molar-refractivity contribution in [3.05, 3.63) is 23.8 Å². The Kier molecular flexibility index (Phi) is 10.5. The van der Waals surface area contributed by atoms with E-state index >= 15 is 0 Å². The molecular weight excluding hydrogens is 332 g/mol. The summed E-state index contributed by atoms with van der Waals surface area (Å²) in [7, 11) is 0. The highest BCUT2D eigenvalue weighted by atomic mass is 32.1. The molecule has 1 fully saturated rings. The summed E-state index contributed by atoms with van der Waals surface area (Å²) in [6.45, 7) is 9.91. The van der Waals surface area contributed by atoms with Gasteiger partial charge in [0.15, 0.2) is 0 Å². The van der Waals surface area contributed by atoms with Crippen LogP contribution in [0.2, 0.25) is 0 Å². The maximum absolute atomic E-state index is 11.5. The summed E-state index contributed by atoms with van der Waals surface area (Å²) in [5, 5.41) is 0. The molecule has 25 heavy (non-hydrogen) atoms. The number of hydrogen-bond donors (Lipinski definition) is 1. The molecule has 0 N–H and O–H groups in total. The quantitative estimate of drug-likeness (QED) is 0.206. The van der Waals surface area contributed by atoms with Crippen LogP contribution >= 0.6 is 12.6 Å². The second-order valence-electron chi connectivity index (χ2n) is 7.93. The summed E-state index contributed by atoms with van der Waals surface area (Å²) in [5.41, 5.74) is 0.927. The van der Waals surface area contributed by atoms with Gasteiger partial charge in [-0.3, -0.25) is 0 Å². The Labute approximate surface area is 159 Å². The number of hydrogen-bond acceptors (Lipinski definition) is 4. The van der Waals surface area contributed by atoms with Gasteiger partial charge in [-0.05, 0) is 63.9 Å². The first-order chi connectivity index (χ1) is 11.8. The van der Waals surface area contributed by atoms with Crippen LogP contribution in [0, 0.1) is 11.8 Å². The third kappa shape index (κ3) is 12.3. The molecule has 1 atom stereocenters. The number of esters is 1. The standard InChI is InChI=1S/C21H36O3S/c1-17(7-5-8-18(2)15-20(22)23-13-14-25)9-6-12-21(3,4)24-16-19-10-11-19/h5,8,15,17,19,25H,6-7,9-14,16H2,1-4H3. The van der Waals surface area contributed by atoms with Crippen molar-refractivity contribution in [3.63, 3.8) is 0 Å². The predicted octanol–water partition coefficient (Wildman–Crippen LogP) is 5.36. The number of thiol groups is 1. The minimum Gasteiger partial charge on any atom is -0.462 e. The molecule has 0 amide bonds. The molecule has 1 saturated carbocycles. The Bertz CT molecular complexity index is 450. The first-order valence-electron chi connectivity index (χ1n) is 9.59. The lowest BCUT2D eigenvalue weighted by Gasteiger charge is -2.26.